The van der Waals surface area contributed by atoms with Gasteiger partial charge in [0.15, 0.2) is 0 Å². The van der Waals surface area contributed by atoms with E-state index in [4.69, 9.17) is 0 Å². The number of amides is 3. The van der Waals surface area contributed by atoms with Gasteiger partial charge in [0.05, 0.1) is 4.70 Å². The van der Waals surface area contributed by atoms with Gasteiger partial charge in [-0.25, -0.2) is 4.79 Å². The Hall–Kier alpha value is -2.93. The molecule has 27 heavy (non-hydrogen) atoms. The largest absolute Gasteiger partial charge is 0.334 e. The van der Waals surface area contributed by atoms with Crippen LogP contribution < -0.4 is 5.32 Å². The van der Waals surface area contributed by atoms with E-state index in [9.17, 15) is 9.59 Å². The fraction of sp³-hybridized carbons (Fsp3) is 0.250. The number of piperazine rings is 1. The van der Waals surface area contributed by atoms with Crippen molar-refractivity contribution in [2.75, 3.05) is 31.5 Å². The Morgan fingerprint density at radius 2 is 1.70 bits per heavy atom. The van der Waals surface area contributed by atoms with Crippen molar-refractivity contribution in [1.82, 2.24) is 14.2 Å². The van der Waals surface area contributed by atoms with Crippen LogP contribution in [-0.2, 0) is 0 Å². The number of rotatable bonds is 2. The fourth-order valence-corrected chi connectivity index (χ4v) is 3.94. The highest BCUT2D eigenvalue weighted by Gasteiger charge is 2.27. The first-order chi connectivity index (χ1) is 13.1. The molecule has 1 saturated heterocycles. The Morgan fingerprint density at radius 1 is 1.00 bits per heavy atom. The first-order valence-electron chi connectivity index (χ1n) is 8.88. The molecule has 1 aliphatic heterocycles. The molecule has 138 valence electrons. The molecule has 0 aliphatic carbocycles. The Bertz CT molecular complexity index is 978. The number of carbonyl (C=O) groups excluding carboxylic acids is 2. The highest BCUT2D eigenvalue weighted by molar-refractivity contribution is 7.13. The summed E-state index contributed by atoms with van der Waals surface area (Å²) < 4.78 is 5.40. The summed E-state index contributed by atoms with van der Waals surface area (Å²) in [6.45, 7) is 4.03. The zero-order valence-electron chi connectivity index (χ0n) is 15.0. The van der Waals surface area contributed by atoms with E-state index < -0.39 is 0 Å². The molecule has 7 heteroatoms. The average Bonchev–Trinajstić information content (AvgIpc) is 3.11. The summed E-state index contributed by atoms with van der Waals surface area (Å²) in [6.07, 6.45) is 0. The van der Waals surface area contributed by atoms with Gasteiger partial charge in [-0.1, -0.05) is 29.8 Å². The third-order valence-corrected chi connectivity index (χ3v) is 5.53. The van der Waals surface area contributed by atoms with Crippen LogP contribution in [0.3, 0.4) is 0 Å². The van der Waals surface area contributed by atoms with E-state index in [0.717, 1.165) is 21.3 Å². The molecule has 0 bridgehead atoms. The van der Waals surface area contributed by atoms with Gasteiger partial charge in [-0.2, -0.15) is 4.37 Å². The number of carbonyl (C=O) groups is 2. The summed E-state index contributed by atoms with van der Waals surface area (Å²) in [6, 6.07) is 15.3. The van der Waals surface area contributed by atoms with Gasteiger partial charge in [0.1, 0.15) is 5.69 Å². The molecule has 3 aromatic rings. The number of benzene rings is 2. The van der Waals surface area contributed by atoms with Gasteiger partial charge in [0, 0.05) is 37.3 Å². The second kappa shape index (κ2) is 7.36. The maximum atomic E-state index is 12.9. The molecule has 0 atom stereocenters. The van der Waals surface area contributed by atoms with Crippen LogP contribution in [0.25, 0.3) is 10.1 Å². The summed E-state index contributed by atoms with van der Waals surface area (Å²) in [5, 5.41) is 3.80. The first-order valence-corrected chi connectivity index (χ1v) is 9.65. The topological polar surface area (TPSA) is 65.5 Å². The van der Waals surface area contributed by atoms with E-state index in [-0.39, 0.29) is 11.9 Å². The quantitative estimate of drug-likeness (QED) is 0.739. The molecule has 4 rings (SSSR count). The van der Waals surface area contributed by atoms with Crippen LogP contribution in [-0.4, -0.2) is 52.3 Å². The fourth-order valence-electron chi connectivity index (χ4n) is 3.19. The van der Waals surface area contributed by atoms with Crippen molar-refractivity contribution in [3.8, 4) is 0 Å². The maximum absolute atomic E-state index is 12.9. The van der Waals surface area contributed by atoms with Crippen molar-refractivity contribution in [1.29, 1.82) is 0 Å². The molecule has 0 saturated carbocycles. The predicted molar refractivity (Wildman–Crippen MR) is 107 cm³/mol. The van der Waals surface area contributed by atoms with E-state index in [2.05, 4.69) is 9.69 Å². The molecule has 1 aromatic heterocycles. The predicted octanol–water partition coefficient (Wildman–Crippen LogP) is 3.59. The van der Waals surface area contributed by atoms with Crippen LogP contribution in [0, 0.1) is 6.92 Å². The summed E-state index contributed by atoms with van der Waals surface area (Å²) >= 11 is 1.35. The van der Waals surface area contributed by atoms with Crippen LogP contribution in [0.5, 0.6) is 0 Å². The number of para-hydroxylation sites is 1. The molecule has 0 unspecified atom stereocenters. The van der Waals surface area contributed by atoms with Crippen LogP contribution in [0.4, 0.5) is 10.5 Å². The van der Waals surface area contributed by atoms with E-state index in [1.165, 1.54) is 11.5 Å². The molecular formula is C20H20N4O2S. The Labute approximate surface area is 161 Å². The van der Waals surface area contributed by atoms with E-state index in [0.29, 0.717) is 31.9 Å². The minimum Gasteiger partial charge on any atom is -0.334 e. The summed E-state index contributed by atoms with van der Waals surface area (Å²) in [7, 11) is 0. The molecule has 0 spiro atoms. The van der Waals surface area contributed by atoms with E-state index in [1.807, 2.05) is 55.5 Å². The highest BCUT2D eigenvalue weighted by atomic mass is 32.1. The summed E-state index contributed by atoms with van der Waals surface area (Å²) in [5.41, 5.74) is 2.39. The van der Waals surface area contributed by atoms with Crippen LogP contribution in [0.2, 0.25) is 0 Å². The standard InChI is InChI=1S/C20H20N4O2S/c1-14-7-8-17-16(13-14)18(22-27-17)19(25)23-9-11-24(12-10-23)20(26)21-15-5-3-2-4-6-15/h2-8,13H,9-12H2,1H3,(H,21,26). The normalized spacial score (nSPS) is 14.4. The zero-order valence-corrected chi connectivity index (χ0v) is 15.8. The minimum absolute atomic E-state index is 0.0602. The number of hydrogen-bond donors (Lipinski definition) is 1. The lowest BCUT2D eigenvalue weighted by atomic mass is 10.1. The lowest BCUT2D eigenvalue weighted by Gasteiger charge is -2.34. The molecule has 1 N–H and O–H groups in total. The molecule has 1 fully saturated rings. The number of urea groups is 1. The monoisotopic (exact) mass is 380 g/mol. The highest BCUT2D eigenvalue weighted by Crippen LogP contribution is 2.25. The van der Waals surface area contributed by atoms with Crippen molar-refractivity contribution < 1.29 is 9.59 Å². The van der Waals surface area contributed by atoms with Crippen molar-refractivity contribution in [3.05, 3.63) is 59.8 Å². The summed E-state index contributed by atoms with van der Waals surface area (Å²) in [5.74, 6) is -0.0602. The Balaban J connectivity index is 1.40. The van der Waals surface area contributed by atoms with Gasteiger partial charge in [0.2, 0.25) is 0 Å². The Morgan fingerprint density at radius 3 is 2.44 bits per heavy atom. The number of fused-ring (bicyclic) bond motifs is 1. The van der Waals surface area contributed by atoms with E-state index >= 15 is 0 Å². The third-order valence-electron chi connectivity index (χ3n) is 4.71. The SMILES string of the molecule is Cc1ccc2snc(C(=O)N3CCN(C(=O)Nc4ccccc4)CC3)c2c1. The second-order valence-corrected chi connectivity index (χ2v) is 7.41. The average molecular weight is 380 g/mol. The maximum Gasteiger partial charge on any atom is 0.321 e. The molecular weight excluding hydrogens is 360 g/mol. The molecule has 1 aliphatic rings. The van der Waals surface area contributed by atoms with Gasteiger partial charge in [-0.15, -0.1) is 0 Å². The lowest BCUT2D eigenvalue weighted by Crippen LogP contribution is -2.51. The van der Waals surface area contributed by atoms with Crippen molar-refractivity contribution >= 4 is 39.2 Å². The number of nitrogens with one attached hydrogen (secondary N) is 1. The zero-order chi connectivity index (χ0) is 18.8. The summed E-state index contributed by atoms with van der Waals surface area (Å²) in [4.78, 5) is 28.8. The van der Waals surface area contributed by atoms with Crippen LogP contribution in [0.15, 0.2) is 48.5 Å². The van der Waals surface area contributed by atoms with Crippen molar-refractivity contribution in [2.24, 2.45) is 0 Å². The molecule has 2 heterocycles. The van der Waals surface area contributed by atoms with Crippen LogP contribution in [0.1, 0.15) is 16.1 Å². The molecule has 6 nitrogen and oxygen atoms in total. The van der Waals surface area contributed by atoms with Gasteiger partial charge in [-0.3, -0.25) is 4.79 Å². The smallest absolute Gasteiger partial charge is 0.321 e. The minimum atomic E-state index is -0.136. The van der Waals surface area contributed by atoms with Crippen molar-refractivity contribution in [2.45, 2.75) is 6.92 Å². The van der Waals surface area contributed by atoms with Gasteiger partial charge in [-0.05, 0) is 42.7 Å². The Kier molecular flexibility index (Phi) is 4.77. The van der Waals surface area contributed by atoms with Gasteiger partial charge in [0.25, 0.3) is 5.91 Å². The first kappa shape index (κ1) is 17.5. The number of nitrogens with zero attached hydrogens (tertiary/aromatic N) is 3. The van der Waals surface area contributed by atoms with Gasteiger partial charge >= 0.3 is 6.03 Å². The van der Waals surface area contributed by atoms with E-state index in [1.54, 1.807) is 9.80 Å². The molecule has 3 amide bonds. The van der Waals surface area contributed by atoms with Crippen LogP contribution >= 0.6 is 11.5 Å². The number of hydrogen-bond acceptors (Lipinski definition) is 4. The van der Waals surface area contributed by atoms with Gasteiger partial charge < -0.3 is 15.1 Å². The van der Waals surface area contributed by atoms with Crippen molar-refractivity contribution in [3.63, 3.8) is 0 Å². The number of anilines is 1. The third kappa shape index (κ3) is 3.64. The lowest BCUT2D eigenvalue weighted by molar-refractivity contribution is 0.0669. The molecule has 2 aromatic carbocycles. The molecule has 0 radical (unpaired) electrons. The number of aromatic nitrogens is 1. The number of aryl methyl sites for hydroxylation is 1. The second-order valence-electron chi connectivity index (χ2n) is 6.61.